The van der Waals surface area contributed by atoms with Gasteiger partial charge in [0.25, 0.3) is 5.91 Å². The molecule has 0 bridgehead atoms. The van der Waals surface area contributed by atoms with Crippen molar-refractivity contribution in [2.75, 3.05) is 25.0 Å². The Kier molecular flexibility index (Phi) is 6.02. The van der Waals surface area contributed by atoms with Crippen molar-refractivity contribution in [2.24, 2.45) is 0 Å². The molecule has 2 N–H and O–H groups in total. The highest BCUT2D eigenvalue weighted by Crippen LogP contribution is 2.35. The van der Waals surface area contributed by atoms with E-state index in [9.17, 15) is 9.90 Å². The van der Waals surface area contributed by atoms with Crippen LogP contribution >= 0.6 is 11.6 Å². The molecule has 1 saturated heterocycles. The van der Waals surface area contributed by atoms with Crippen LogP contribution in [0.5, 0.6) is 0 Å². The second-order valence-electron chi connectivity index (χ2n) is 8.69. The minimum atomic E-state index is -0.795. The van der Waals surface area contributed by atoms with Gasteiger partial charge in [-0.15, -0.1) is 0 Å². The second kappa shape index (κ2) is 9.10. The number of likely N-dealkylation sites (tertiary alicyclic amines) is 1. The number of rotatable bonds is 4. The first-order valence-corrected chi connectivity index (χ1v) is 11.7. The maximum absolute atomic E-state index is 12.7. The lowest BCUT2D eigenvalue weighted by molar-refractivity contribution is -0.0254. The summed E-state index contributed by atoms with van der Waals surface area (Å²) in [6, 6.07) is 19.1. The number of nitrogens with zero attached hydrogens (tertiary/aromatic N) is 2. The summed E-state index contributed by atoms with van der Waals surface area (Å²) >= 11 is 6.00. The largest absolute Gasteiger partial charge is 0.385 e. The molecule has 2 aromatic carbocycles. The predicted octanol–water partition coefficient (Wildman–Crippen LogP) is 5.11. The van der Waals surface area contributed by atoms with Gasteiger partial charge in [0.2, 0.25) is 0 Å². The number of amides is 1. The summed E-state index contributed by atoms with van der Waals surface area (Å²) in [5.74, 6) is 0.461. The molecule has 3 aromatic rings. The van der Waals surface area contributed by atoms with Gasteiger partial charge in [-0.3, -0.25) is 4.79 Å². The van der Waals surface area contributed by atoms with Crippen LogP contribution < -0.4 is 5.32 Å². The Labute approximate surface area is 198 Å². The fraction of sp³-hybridized carbons (Fsp3) is 0.259. The fourth-order valence-corrected chi connectivity index (χ4v) is 4.89. The summed E-state index contributed by atoms with van der Waals surface area (Å²) in [7, 11) is 0. The molecule has 1 aromatic heterocycles. The molecule has 168 valence electrons. The van der Waals surface area contributed by atoms with Crippen LogP contribution in [0.3, 0.4) is 0 Å². The number of aliphatic hydroxyl groups is 1. The molecule has 33 heavy (non-hydrogen) atoms. The molecule has 6 heteroatoms. The van der Waals surface area contributed by atoms with Gasteiger partial charge in [0.05, 0.1) is 5.60 Å². The summed E-state index contributed by atoms with van der Waals surface area (Å²) in [5.41, 5.74) is 3.69. The van der Waals surface area contributed by atoms with Crippen LogP contribution in [-0.2, 0) is 5.60 Å². The van der Waals surface area contributed by atoms with Gasteiger partial charge >= 0.3 is 0 Å². The minimum Gasteiger partial charge on any atom is -0.385 e. The van der Waals surface area contributed by atoms with Gasteiger partial charge in [-0.25, -0.2) is 4.98 Å². The van der Waals surface area contributed by atoms with Crippen LogP contribution in [0.25, 0.3) is 5.57 Å². The van der Waals surface area contributed by atoms with Crippen molar-refractivity contribution in [2.45, 2.75) is 24.9 Å². The summed E-state index contributed by atoms with van der Waals surface area (Å²) in [4.78, 5) is 19.5. The zero-order valence-corrected chi connectivity index (χ0v) is 19.1. The number of piperidine rings is 1. The Hall–Kier alpha value is -2.99. The Bertz CT molecular complexity index is 1200. The summed E-state index contributed by atoms with van der Waals surface area (Å²) in [6.07, 6.45) is 6.13. The lowest BCUT2D eigenvalue weighted by atomic mass is 9.84. The monoisotopic (exact) mass is 459 g/mol. The molecular weight excluding hydrogens is 434 g/mol. The molecule has 0 aliphatic carbocycles. The number of anilines is 1. The average Bonchev–Trinajstić information content (AvgIpc) is 2.95. The fourth-order valence-electron chi connectivity index (χ4n) is 4.76. The van der Waals surface area contributed by atoms with Crippen LogP contribution in [-0.4, -0.2) is 40.5 Å². The molecule has 0 unspecified atom stereocenters. The quantitative estimate of drug-likeness (QED) is 0.569. The van der Waals surface area contributed by atoms with Gasteiger partial charge in [0, 0.05) is 42.0 Å². The number of hydrogen-bond acceptors (Lipinski definition) is 4. The van der Waals surface area contributed by atoms with Gasteiger partial charge in [-0.1, -0.05) is 48.0 Å². The van der Waals surface area contributed by atoms with Crippen molar-refractivity contribution in [3.63, 3.8) is 0 Å². The van der Waals surface area contributed by atoms with Crippen molar-refractivity contribution < 1.29 is 9.90 Å². The lowest BCUT2D eigenvalue weighted by Gasteiger charge is -2.38. The van der Waals surface area contributed by atoms with Crippen molar-refractivity contribution in [3.8, 4) is 0 Å². The Morgan fingerprint density at radius 3 is 2.45 bits per heavy atom. The summed E-state index contributed by atoms with van der Waals surface area (Å²) < 4.78 is 0. The molecule has 1 amide bonds. The first-order chi connectivity index (χ1) is 16.0. The smallest absolute Gasteiger partial charge is 0.257 e. The van der Waals surface area contributed by atoms with E-state index < -0.39 is 5.60 Å². The van der Waals surface area contributed by atoms with E-state index >= 15 is 0 Å². The van der Waals surface area contributed by atoms with Crippen molar-refractivity contribution in [1.82, 2.24) is 9.88 Å². The van der Waals surface area contributed by atoms with E-state index in [4.69, 9.17) is 11.6 Å². The van der Waals surface area contributed by atoms with Crippen LogP contribution in [0, 0.1) is 0 Å². The molecular formula is C27H26ClN3O2. The van der Waals surface area contributed by atoms with Crippen molar-refractivity contribution >= 4 is 28.9 Å². The van der Waals surface area contributed by atoms with E-state index in [1.807, 2.05) is 60.7 Å². The topological polar surface area (TPSA) is 65.5 Å². The number of hydrogen-bond donors (Lipinski definition) is 2. The molecule has 5 rings (SSSR count). The van der Waals surface area contributed by atoms with E-state index in [2.05, 4.69) is 21.3 Å². The number of fused-ring (bicyclic) bond motifs is 2. The molecule has 1 fully saturated rings. The van der Waals surface area contributed by atoms with Crippen LogP contribution in [0.15, 0.2) is 72.9 Å². The number of pyridine rings is 1. The SMILES string of the molecule is O=C1Nc2ncccc2/C(=C\CCN2CCC(O)(c3ccc(Cl)cc3)CC2)c2ccccc21. The molecule has 2 aliphatic rings. The Morgan fingerprint density at radius 2 is 1.70 bits per heavy atom. The van der Waals surface area contributed by atoms with Crippen LogP contribution in [0.1, 0.15) is 46.3 Å². The molecule has 0 atom stereocenters. The van der Waals surface area contributed by atoms with E-state index in [0.717, 1.165) is 48.3 Å². The maximum atomic E-state index is 12.7. The number of carbonyl (C=O) groups is 1. The zero-order valence-electron chi connectivity index (χ0n) is 18.3. The highest BCUT2D eigenvalue weighted by molar-refractivity contribution is 6.30. The minimum absolute atomic E-state index is 0.133. The maximum Gasteiger partial charge on any atom is 0.257 e. The summed E-state index contributed by atoms with van der Waals surface area (Å²) in [5, 5.41) is 14.7. The van der Waals surface area contributed by atoms with Crippen molar-refractivity contribution in [1.29, 1.82) is 0 Å². The average molecular weight is 460 g/mol. The standard InChI is InChI=1S/C27H26ClN3O2/c28-20-11-9-19(10-12-20)27(33)13-17-31(18-14-27)16-4-8-21-22-5-1-2-6-24(22)26(32)30-25-23(21)7-3-15-29-25/h1-3,5-12,15,33H,4,13-14,16-18H2,(H,29,30,32)/b21-8-. The van der Waals surface area contributed by atoms with E-state index in [-0.39, 0.29) is 5.91 Å². The third-order valence-corrected chi connectivity index (χ3v) is 6.90. The molecule has 0 saturated carbocycles. The van der Waals surface area contributed by atoms with Crippen LogP contribution in [0.2, 0.25) is 5.02 Å². The molecule has 3 heterocycles. The van der Waals surface area contributed by atoms with E-state index in [1.54, 1.807) is 6.20 Å². The number of benzene rings is 2. The third-order valence-electron chi connectivity index (χ3n) is 6.65. The van der Waals surface area contributed by atoms with Gasteiger partial charge < -0.3 is 15.3 Å². The highest BCUT2D eigenvalue weighted by Gasteiger charge is 2.33. The molecule has 0 spiro atoms. The lowest BCUT2D eigenvalue weighted by Crippen LogP contribution is -2.42. The van der Waals surface area contributed by atoms with Gasteiger partial charge in [0.1, 0.15) is 5.82 Å². The number of halogens is 1. The predicted molar refractivity (Wildman–Crippen MR) is 131 cm³/mol. The number of aromatic nitrogens is 1. The van der Waals surface area contributed by atoms with Crippen molar-refractivity contribution in [3.05, 3.63) is 100 Å². The van der Waals surface area contributed by atoms with Gasteiger partial charge in [0.15, 0.2) is 0 Å². The normalized spacial score (nSPS) is 18.8. The third kappa shape index (κ3) is 4.44. The Morgan fingerprint density at radius 1 is 1.00 bits per heavy atom. The summed E-state index contributed by atoms with van der Waals surface area (Å²) in [6.45, 7) is 2.55. The van der Waals surface area contributed by atoms with E-state index in [1.165, 1.54) is 0 Å². The Balaban J connectivity index is 1.31. The van der Waals surface area contributed by atoms with Gasteiger partial charge in [-0.2, -0.15) is 0 Å². The first-order valence-electron chi connectivity index (χ1n) is 11.3. The highest BCUT2D eigenvalue weighted by atomic mass is 35.5. The number of carbonyl (C=O) groups excluding carboxylic acids is 1. The zero-order chi connectivity index (χ0) is 22.8. The van der Waals surface area contributed by atoms with E-state index in [0.29, 0.717) is 29.2 Å². The number of nitrogens with one attached hydrogen (secondary N) is 1. The molecule has 0 radical (unpaired) electrons. The molecule has 2 aliphatic heterocycles. The van der Waals surface area contributed by atoms with Gasteiger partial charge in [-0.05, 0) is 66.3 Å². The first kappa shape index (κ1) is 21.8. The van der Waals surface area contributed by atoms with Crippen LogP contribution in [0.4, 0.5) is 5.82 Å². The second-order valence-corrected chi connectivity index (χ2v) is 9.12. The molecule has 5 nitrogen and oxygen atoms in total.